The van der Waals surface area contributed by atoms with Crippen LogP contribution in [-0.4, -0.2) is 55.9 Å². The minimum Gasteiger partial charge on any atom is -0.395 e. The van der Waals surface area contributed by atoms with E-state index < -0.39 is 0 Å². The minimum absolute atomic E-state index is 0.0270. The summed E-state index contributed by atoms with van der Waals surface area (Å²) in [6.45, 7) is 3.85. The quantitative estimate of drug-likeness (QED) is 0.703. The third-order valence-corrected chi connectivity index (χ3v) is 3.67. The molecule has 0 spiro atoms. The van der Waals surface area contributed by atoms with Crippen molar-refractivity contribution in [3.63, 3.8) is 0 Å². The smallest absolute Gasteiger partial charge is 0.234 e. The number of benzene rings is 1. The van der Waals surface area contributed by atoms with Crippen molar-refractivity contribution in [1.82, 2.24) is 10.2 Å². The Morgan fingerprint density at radius 2 is 2.05 bits per heavy atom. The Labute approximate surface area is 134 Å². The normalized spacial score (nSPS) is 12.4. The molecule has 0 bridgehead atoms. The molecule has 1 amide bonds. The Morgan fingerprint density at radius 3 is 2.62 bits per heavy atom. The van der Waals surface area contributed by atoms with Crippen molar-refractivity contribution < 1.29 is 14.6 Å². The van der Waals surface area contributed by atoms with Gasteiger partial charge in [0.25, 0.3) is 0 Å². The third-order valence-electron chi connectivity index (χ3n) is 3.14. The SMILES string of the molecule is COCCN(CCO)CC(=O)NC(C)c1ccc(Br)cc1. The van der Waals surface area contributed by atoms with Crippen LogP contribution in [0.5, 0.6) is 0 Å². The van der Waals surface area contributed by atoms with Gasteiger partial charge < -0.3 is 15.2 Å². The standard InChI is InChI=1S/C15H23BrN2O3/c1-12(13-3-5-14(16)6-4-13)17-15(20)11-18(7-9-19)8-10-21-2/h3-6,12,19H,7-11H2,1-2H3,(H,17,20). The second-order valence-corrected chi connectivity index (χ2v) is 5.75. The number of nitrogens with zero attached hydrogens (tertiary/aromatic N) is 1. The molecule has 0 aliphatic heterocycles. The number of rotatable bonds is 9. The molecule has 1 aromatic carbocycles. The summed E-state index contributed by atoms with van der Waals surface area (Å²) in [7, 11) is 1.62. The highest BCUT2D eigenvalue weighted by Crippen LogP contribution is 2.16. The first kappa shape index (κ1) is 18.1. The van der Waals surface area contributed by atoms with Crippen molar-refractivity contribution >= 4 is 21.8 Å². The summed E-state index contributed by atoms with van der Waals surface area (Å²) >= 11 is 3.39. The van der Waals surface area contributed by atoms with Crippen molar-refractivity contribution in [3.8, 4) is 0 Å². The Morgan fingerprint density at radius 1 is 1.38 bits per heavy atom. The molecule has 0 aromatic heterocycles. The predicted octanol–water partition coefficient (Wildman–Crippen LogP) is 1.57. The summed E-state index contributed by atoms with van der Waals surface area (Å²) in [6, 6.07) is 7.81. The third kappa shape index (κ3) is 7.04. The van der Waals surface area contributed by atoms with Crippen LogP contribution in [0.3, 0.4) is 0 Å². The molecule has 0 aliphatic rings. The number of nitrogens with one attached hydrogen (secondary N) is 1. The van der Waals surface area contributed by atoms with E-state index >= 15 is 0 Å². The van der Waals surface area contributed by atoms with Crippen molar-refractivity contribution in [3.05, 3.63) is 34.3 Å². The average Bonchev–Trinajstić information content (AvgIpc) is 2.45. The molecular formula is C15H23BrN2O3. The Hall–Kier alpha value is -0.950. The van der Waals surface area contributed by atoms with Crippen molar-refractivity contribution in [2.75, 3.05) is 40.0 Å². The van der Waals surface area contributed by atoms with E-state index in [1.165, 1.54) is 0 Å². The van der Waals surface area contributed by atoms with Gasteiger partial charge in [0.05, 0.1) is 25.8 Å². The maximum atomic E-state index is 12.1. The molecule has 0 saturated carbocycles. The van der Waals surface area contributed by atoms with E-state index in [-0.39, 0.29) is 25.1 Å². The van der Waals surface area contributed by atoms with Gasteiger partial charge >= 0.3 is 0 Å². The van der Waals surface area contributed by atoms with Gasteiger partial charge in [-0.1, -0.05) is 28.1 Å². The Kier molecular flexibility index (Phi) is 8.52. The van der Waals surface area contributed by atoms with Gasteiger partial charge in [-0.2, -0.15) is 0 Å². The summed E-state index contributed by atoms with van der Waals surface area (Å²) in [6.07, 6.45) is 0. The van der Waals surface area contributed by atoms with Gasteiger partial charge in [-0.05, 0) is 24.6 Å². The van der Waals surface area contributed by atoms with Gasteiger partial charge in [0.2, 0.25) is 5.91 Å². The highest BCUT2D eigenvalue weighted by molar-refractivity contribution is 9.10. The van der Waals surface area contributed by atoms with Crippen molar-refractivity contribution in [2.45, 2.75) is 13.0 Å². The summed E-state index contributed by atoms with van der Waals surface area (Å²) < 4.78 is 6.01. The molecule has 0 aliphatic carbocycles. The molecule has 5 nitrogen and oxygen atoms in total. The van der Waals surface area contributed by atoms with E-state index in [1.54, 1.807) is 7.11 Å². The molecule has 0 saturated heterocycles. The number of carbonyl (C=O) groups is 1. The molecule has 1 unspecified atom stereocenters. The zero-order chi connectivity index (χ0) is 15.7. The zero-order valence-electron chi connectivity index (χ0n) is 12.5. The monoisotopic (exact) mass is 358 g/mol. The van der Waals surface area contributed by atoms with E-state index in [2.05, 4.69) is 21.2 Å². The highest BCUT2D eigenvalue weighted by atomic mass is 79.9. The van der Waals surface area contributed by atoms with Crippen LogP contribution in [0.1, 0.15) is 18.5 Å². The lowest BCUT2D eigenvalue weighted by atomic mass is 10.1. The lowest BCUT2D eigenvalue weighted by Gasteiger charge is -2.22. The maximum Gasteiger partial charge on any atom is 0.234 e. The van der Waals surface area contributed by atoms with Crippen LogP contribution < -0.4 is 5.32 Å². The first-order valence-corrected chi connectivity index (χ1v) is 7.73. The molecule has 0 heterocycles. The fourth-order valence-corrected chi connectivity index (χ4v) is 2.22. The summed E-state index contributed by atoms with van der Waals surface area (Å²) in [5.41, 5.74) is 1.05. The number of carbonyl (C=O) groups excluding carboxylic acids is 1. The number of halogens is 1. The summed E-state index contributed by atoms with van der Waals surface area (Å²) in [5.74, 6) is -0.0602. The van der Waals surface area contributed by atoms with Crippen LogP contribution in [0.15, 0.2) is 28.7 Å². The molecule has 0 fully saturated rings. The molecule has 6 heteroatoms. The van der Waals surface area contributed by atoms with Gasteiger partial charge in [-0.15, -0.1) is 0 Å². The average molecular weight is 359 g/mol. The summed E-state index contributed by atoms with van der Waals surface area (Å²) in [4.78, 5) is 13.9. The first-order valence-electron chi connectivity index (χ1n) is 6.93. The first-order chi connectivity index (χ1) is 10.1. The van der Waals surface area contributed by atoms with Gasteiger partial charge in [0, 0.05) is 24.7 Å². The van der Waals surface area contributed by atoms with Crippen molar-refractivity contribution in [1.29, 1.82) is 0 Å². The number of hydrogen-bond acceptors (Lipinski definition) is 4. The number of methoxy groups -OCH3 is 1. The van der Waals surface area contributed by atoms with Crippen LogP contribution in [0, 0.1) is 0 Å². The lowest BCUT2D eigenvalue weighted by Crippen LogP contribution is -2.40. The minimum atomic E-state index is -0.0602. The van der Waals surface area contributed by atoms with Crippen LogP contribution >= 0.6 is 15.9 Å². The number of amides is 1. The van der Waals surface area contributed by atoms with Gasteiger partial charge in [0.15, 0.2) is 0 Å². The fourth-order valence-electron chi connectivity index (χ4n) is 1.96. The molecule has 2 N–H and O–H groups in total. The molecule has 1 aromatic rings. The highest BCUT2D eigenvalue weighted by Gasteiger charge is 2.13. The molecule has 21 heavy (non-hydrogen) atoms. The zero-order valence-corrected chi connectivity index (χ0v) is 14.1. The molecule has 1 rings (SSSR count). The van der Waals surface area contributed by atoms with Crippen LogP contribution in [0.4, 0.5) is 0 Å². The summed E-state index contributed by atoms with van der Waals surface area (Å²) in [5, 5.41) is 12.0. The Bertz CT molecular complexity index is 425. The van der Waals surface area contributed by atoms with E-state index in [9.17, 15) is 4.79 Å². The topological polar surface area (TPSA) is 61.8 Å². The maximum absolute atomic E-state index is 12.1. The van der Waals surface area contributed by atoms with Crippen molar-refractivity contribution in [2.24, 2.45) is 0 Å². The molecular weight excluding hydrogens is 336 g/mol. The number of hydrogen-bond donors (Lipinski definition) is 2. The van der Waals surface area contributed by atoms with E-state index in [4.69, 9.17) is 9.84 Å². The van der Waals surface area contributed by atoms with Crippen LogP contribution in [0.2, 0.25) is 0 Å². The lowest BCUT2D eigenvalue weighted by molar-refractivity contribution is -0.123. The van der Waals surface area contributed by atoms with Gasteiger partial charge in [0.1, 0.15) is 0 Å². The van der Waals surface area contributed by atoms with E-state index in [0.717, 1.165) is 10.0 Å². The van der Waals surface area contributed by atoms with E-state index in [0.29, 0.717) is 19.7 Å². The van der Waals surface area contributed by atoms with Gasteiger partial charge in [-0.3, -0.25) is 9.69 Å². The van der Waals surface area contributed by atoms with Crippen LogP contribution in [-0.2, 0) is 9.53 Å². The second kappa shape index (κ2) is 9.89. The largest absolute Gasteiger partial charge is 0.395 e. The number of aliphatic hydroxyl groups excluding tert-OH is 1. The Balaban J connectivity index is 2.48. The molecule has 1 atom stereocenters. The molecule has 118 valence electrons. The molecule has 0 radical (unpaired) electrons. The van der Waals surface area contributed by atoms with Crippen LogP contribution in [0.25, 0.3) is 0 Å². The predicted molar refractivity (Wildman–Crippen MR) is 86.1 cm³/mol. The fraction of sp³-hybridized carbons (Fsp3) is 0.533. The second-order valence-electron chi connectivity index (χ2n) is 4.83. The number of ether oxygens (including phenoxy) is 1. The number of aliphatic hydroxyl groups is 1. The van der Waals surface area contributed by atoms with E-state index in [1.807, 2.05) is 36.1 Å². The van der Waals surface area contributed by atoms with Gasteiger partial charge in [-0.25, -0.2) is 0 Å².